The fourth-order valence-corrected chi connectivity index (χ4v) is 2.24. The number of piperidine rings is 1. The molecule has 2 rings (SSSR count). The van der Waals surface area contributed by atoms with Crippen molar-refractivity contribution in [1.82, 2.24) is 4.31 Å². The summed E-state index contributed by atoms with van der Waals surface area (Å²) >= 11 is -2.10. The van der Waals surface area contributed by atoms with Crippen LogP contribution in [0.4, 0.5) is 0 Å². The fourth-order valence-electron chi connectivity index (χ4n) is 1.76. The fraction of sp³-hybridized carbons (Fsp3) is 1.00. The van der Waals surface area contributed by atoms with E-state index < -0.39 is 17.1 Å². The van der Waals surface area contributed by atoms with Gasteiger partial charge in [0.1, 0.15) is 0 Å². The van der Waals surface area contributed by atoms with Crippen molar-refractivity contribution >= 4 is 11.3 Å². The van der Waals surface area contributed by atoms with Crippen molar-refractivity contribution in [2.75, 3.05) is 26.3 Å². The van der Waals surface area contributed by atoms with E-state index in [0.717, 1.165) is 0 Å². The molecule has 0 saturated carbocycles. The standard InChI is InChI=1S/C7H13NO4S/c9-13(10)8-3-1-7(2-4-8)11-5-6-12-7/h1-6H2,(H,9,10)/p-1. The minimum absolute atomic E-state index is 0.476. The second-order valence-electron chi connectivity index (χ2n) is 3.25. The largest absolute Gasteiger partial charge is 0.760 e. The smallest absolute Gasteiger partial charge is 0.171 e. The minimum atomic E-state index is -2.10. The molecule has 0 amide bonds. The molecular formula is C7H12NO4S-. The summed E-state index contributed by atoms with van der Waals surface area (Å²) in [5, 5.41) is 0. The van der Waals surface area contributed by atoms with Gasteiger partial charge in [0, 0.05) is 37.2 Å². The second kappa shape index (κ2) is 3.62. The summed E-state index contributed by atoms with van der Waals surface area (Å²) in [5.41, 5.74) is 0. The van der Waals surface area contributed by atoms with E-state index in [-0.39, 0.29) is 0 Å². The molecule has 6 heteroatoms. The number of nitrogens with zero attached hydrogens (tertiary/aromatic N) is 1. The summed E-state index contributed by atoms with van der Waals surface area (Å²) in [6, 6.07) is 0. The lowest BCUT2D eigenvalue weighted by Gasteiger charge is -2.37. The molecule has 2 aliphatic rings. The van der Waals surface area contributed by atoms with E-state index in [1.807, 2.05) is 0 Å². The van der Waals surface area contributed by atoms with Gasteiger partial charge >= 0.3 is 0 Å². The molecule has 2 saturated heterocycles. The van der Waals surface area contributed by atoms with Gasteiger partial charge in [0.25, 0.3) is 0 Å². The van der Waals surface area contributed by atoms with Crippen LogP contribution in [0, 0.1) is 0 Å². The molecule has 0 aromatic carbocycles. The zero-order chi connectivity index (χ0) is 9.31. The second-order valence-corrected chi connectivity index (χ2v) is 4.20. The Bertz CT molecular complexity index is 207. The van der Waals surface area contributed by atoms with Crippen LogP contribution in [-0.4, -0.2) is 45.2 Å². The highest BCUT2D eigenvalue weighted by atomic mass is 32.2. The Kier molecular flexibility index (Phi) is 2.66. The van der Waals surface area contributed by atoms with Crippen LogP contribution in [0.5, 0.6) is 0 Å². The maximum atomic E-state index is 10.6. The van der Waals surface area contributed by atoms with Gasteiger partial charge in [-0.2, -0.15) is 0 Å². The van der Waals surface area contributed by atoms with Crippen molar-refractivity contribution < 1.29 is 18.2 Å². The van der Waals surface area contributed by atoms with Crippen molar-refractivity contribution in [2.45, 2.75) is 18.6 Å². The van der Waals surface area contributed by atoms with Gasteiger partial charge in [-0.15, -0.1) is 0 Å². The molecule has 0 radical (unpaired) electrons. The highest BCUT2D eigenvalue weighted by molar-refractivity contribution is 7.76. The Labute approximate surface area is 79.4 Å². The van der Waals surface area contributed by atoms with E-state index in [1.165, 1.54) is 4.31 Å². The molecule has 2 heterocycles. The molecule has 5 nitrogen and oxygen atoms in total. The maximum Gasteiger partial charge on any atom is 0.171 e. The molecule has 0 aromatic heterocycles. The van der Waals surface area contributed by atoms with E-state index in [4.69, 9.17) is 9.47 Å². The third-order valence-corrected chi connectivity index (χ3v) is 3.30. The van der Waals surface area contributed by atoms with Gasteiger partial charge in [-0.05, 0) is 0 Å². The van der Waals surface area contributed by atoms with E-state index >= 15 is 0 Å². The normalized spacial score (nSPS) is 30.8. The van der Waals surface area contributed by atoms with E-state index in [0.29, 0.717) is 39.1 Å². The van der Waals surface area contributed by atoms with Crippen LogP contribution >= 0.6 is 0 Å². The van der Waals surface area contributed by atoms with Gasteiger partial charge in [-0.1, -0.05) is 0 Å². The van der Waals surface area contributed by atoms with Crippen molar-refractivity contribution in [1.29, 1.82) is 0 Å². The number of hydrogen-bond donors (Lipinski definition) is 0. The van der Waals surface area contributed by atoms with Crippen LogP contribution in [0.25, 0.3) is 0 Å². The van der Waals surface area contributed by atoms with Crippen LogP contribution in [0.3, 0.4) is 0 Å². The molecule has 2 aliphatic heterocycles. The van der Waals surface area contributed by atoms with Crippen LogP contribution in [0.15, 0.2) is 0 Å². The Balaban J connectivity index is 1.91. The number of rotatable bonds is 1. The first-order valence-electron chi connectivity index (χ1n) is 4.34. The van der Waals surface area contributed by atoms with Gasteiger partial charge in [0.05, 0.1) is 13.2 Å². The van der Waals surface area contributed by atoms with E-state index in [2.05, 4.69) is 0 Å². The summed E-state index contributed by atoms with van der Waals surface area (Å²) in [6.45, 7) is 2.24. The topological polar surface area (TPSA) is 61.8 Å². The summed E-state index contributed by atoms with van der Waals surface area (Å²) in [6.07, 6.45) is 1.28. The Morgan fingerprint density at radius 2 is 1.77 bits per heavy atom. The molecular weight excluding hydrogens is 194 g/mol. The van der Waals surface area contributed by atoms with Crippen molar-refractivity contribution in [2.24, 2.45) is 0 Å². The van der Waals surface area contributed by atoms with Gasteiger partial charge in [0.2, 0.25) is 0 Å². The summed E-state index contributed by atoms with van der Waals surface area (Å²) < 4.78 is 33.5. The zero-order valence-electron chi connectivity index (χ0n) is 7.23. The average Bonchev–Trinajstić information content (AvgIpc) is 2.54. The Hall–Kier alpha value is -0.0100. The minimum Gasteiger partial charge on any atom is -0.760 e. The van der Waals surface area contributed by atoms with Crippen LogP contribution in [0.1, 0.15) is 12.8 Å². The summed E-state index contributed by atoms with van der Waals surface area (Å²) in [7, 11) is 0. The van der Waals surface area contributed by atoms with Gasteiger partial charge in [-0.25, -0.2) is 4.31 Å². The van der Waals surface area contributed by atoms with Crippen molar-refractivity contribution in [3.63, 3.8) is 0 Å². The molecule has 1 unspecified atom stereocenters. The zero-order valence-corrected chi connectivity index (χ0v) is 8.05. The van der Waals surface area contributed by atoms with Crippen LogP contribution in [0.2, 0.25) is 0 Å². The van der Waals surface area contributed by atoms with Gasteiger partial charge < -0.3 is 14.0 Å². The maximum absolute atomic E-state index is 10.6. The molecule has 13 heavy (non-hydrogen) atoms. The Morgan fingerprint density at radius 1 is 1.23 bits per heavy atom. The highest BCUT2D eigenvalue weighted by Crippen LogP contribution is 2.31. The van der Waals surface area contributed by atoms with Crippen LogP contribution in [-0.2, 0) is 20.7 Å². The average molecular weight is 206 g/mol. The predicted molar refractivity (Wildman–Crippen MR) is 44.4 cm³/mol. The third kappa shape index (κ3) is 1.92. The molecule has 2 fully saturated rings. The molecule has 0 aromatic rings. The molecule has 76 valence electrons. The quantitative estimate of drug-likeness (QED) is 0.549. The molecule has 0 aliphatic carbocycles. The highest BCUT2D eigenvalue weighted by Gasteiger charge is 2.39. The third-order valence-electron chi connectivity index (χ3n) is 2.51. The lowest BCUT2D eigenvalue weighted by Crippen LogP contribution is -2.45. The molecule has 0 N–H and O–H groups in total. The molecule has 1 atom stereocenters. The molecule has 0 bridgehead atoms. The first kappa shape index (κ1) is 9.54. The first-order chi connectivity index (χ1) is 6.22. The van der Waals surface area contributed by atoms with Crippen molar-refractivity contribution in [3.05, 3.63) is 0 Å². The van der Waals surface area contributed by atoms with Gasteiger partial charge in [0.15, 0.2) is 5.79 Å². The summed E-state index contributed by atoms with van der Waals surface area (Å²) in [5.74, 6) is -0.476. The predicted octanol–water partition coefficient (Wildman–Crippen LogP) is -0.381. The first-order valence-corrected chi connectivity index (χ1v) is 5.37. The lowest BCUT2D eigenvalue weighted by atomic mass is 10.1. The van der Waals surface area contributed by atoms with Gasteiger partial charge in [-0.3, -0.25) is 4.21 Å². The van der Waals surface area contributed by atoms with E-state index in [1.54, 1.807) is 0 Å². The number of hydrogen-bond acceptors (Lipinski definition) is 4. The van der Waals surface area contributed by atoms with E-state index in [9.17, 15) is 8.76 Å². The van der Waals surface area contributed by atoms with Crippen molar-refractivity contribution in [3.8, 4) is 0 Å². The number of ether oxygens (including phenoxy) is 2. The molecule has 1 spiro atoms. The monoisotopic (exact) mass is 206 g/mol. The Morgan fingerprint density at radius 3 is 2.23 bits per heavy atom. The van der Waals surface area contributed by atoms with Crippen LogP contribution < -0.4 is 0 Å². The SMILES string of the molecule is O=S([O-])N1CCC2(CC1)OCCO2. The summed E-state index contributed by atoms with van der Waals surface area (Å²) in [4.78, 5) is 0. The lowest BCUT2D eigenvalue weighted by molar-refractivity contribution is -0.179.